The molecule has 28 heavy (non-hydrogen) atoms. The first-order chi connectivity index (χ1) is 13.6. The van der Waals surface area contributed by atoms with Crippen molar-refractivity contribution in [3.63, 3.8) is 0 Å². The van der Waals surface area contributed by atoms with Crippen molar-refractivity contribution in [2.24, 2.45) is 0 Å². The number of amides is 2. The molecule has 0 aliphatic carbocycles. The van der Waals surface area contributed by atoms with E-state index in [-0.39, 0.29) is 6.03 Å². The summed E-state index contributed by atoms with van der Waals surface area (Å²) in [5, 5.41) is 3.41. The molecule has 1 aliphatic heterocycles. The third-order valence-corrected chi connectivity index (χ3v) is 4.93. The summed E-state index contributed by atoms with van der Waals surface area (Å²) >= 11 is 6.24. The second kappa shape index (κ2) is 9.55. The predicted molar refractivity (Wildman–Crippen MR) is 113 cm³/mol. The van der Waals surface area contributed by atoms with Gasteiger partial charge in [0.05, 0.1) is 24.4 Å². The molecule has 0 unspecified atom stereocenters. The monoisotopic (exact) mass is 403 g/mol. The topological polar surface area (TPSA) is 54.0 Å². The lowest BCUT2D eigenvalue weighted by Gasteiger charge is -2.36. The summed E-state index contributed by atoms with van der Waals surface area (Å²) in [6.07, 6.45) is 0.912. The molecular formula is C21H26ClN3O3. The number of carbonyl (C=O) groups excluding carboxylic acids is 1. The van der Waals surface area contributed by atoms with Crippen LogP contribution in [0.2, 0.25) is 5.02 Å². The third kappa shape index (κ3) is 4.81. The quantitative estimate of drug-likeness (QED) is 0.772. The van der Waals surface area contributed by atoms with E-state index in [9.17, 15) is 4.79 Å². The van der Waals surface area contributed by atoms with Gasteiger partial charge in [0, 0.05) is 31.9 Å². The van der Waals surface area contributed by atoms with Crippen LogP contribution in [0.4, 0.5) is 16.2 Å². The summed E-state index contributed by atoms with van der Waals surface area (Å²) in [4.78, 5) is 16.6. The van der Waals surface area contributed by atoms with Crippen LogP contribution in [0, 0.1) is 0 Å². The van der Waals surface area contributed by atoms with Crippen molar-refractivity contribution in [3.8, 4) is 11.5 Å². The van der Waals surface area contributed by atoms with Crippen LogP contribution in [0.5, 0.6) is 11.5 Å². The summed E-state index contributed by atoms with van der Waals surface area (Å²) in [6.45, 7) is 5.42. The van der Waals surface area contributed by atoms with Crippen molar-refractivity contribution in [3.05, 3.63) is 47.5 Å². The molecule has 2 aromatic rings. The fourth-order valence-corrected chi connectivity index (χ4v) is 3.39. The summed E-state index contributed by atoms with van der Waals surface area (Å²) < 4.78 is 11.0. The fraction of sp³-hybridized carbons (Fsp3) is 0.381. The second-order valence-corrected chi connectivity index (χ2v) is 6.98. The molecule has 1 saturated heterocycles. The van der Waals surface area contributed by atoms with Gasteiger partial charge in [-0.3, -0.25) is 0 Å². The van der Waals surface area contributed by atoms with Crippen LogP contribution >= 0.6 is 11.6 Å². The molecular weight excluding hydrogens is 378 g/mol. The number of carbonyl (C=O) groups is 1. The lowest BCUT2D eigenvalue weighted by Crippen LogP contribution is -2.50. The maximum Gasteiger partial charge on any atom is 0.321 e. The van der Waals surface area contributed by atoms with Gasteiger partial charge in [0.15, 0.2) is 0 Å². The Balaban J connectivity index is 1.56. The Hall–Kier alpha value is -2.60. The SMILES string of the molecule is CCCOc1ccc(NC(=O)N2CCN(c3ccccc3OC)CC2)cc1Cl. The molecule has 7 heteroatoms. The van der Waals surface area contributed by atoms with Crippen LogP contribution in [0.3, 0.4) is 0 Å². The first-order valence-corrected chi connectivity index (χ1v) is 9.86. The largest absolute Gasteiger partial charge is 0.495 e. The van der Waals surface area contributed by atoms with Gasteiger partial charge in [-0.25, -0.2) is 4.79 Å². The molecule has 0 atom stereocenters. The number of para-hydroxylation sites is 2. The van der Waals surface area contributed by atoms with Gasteiger partial charge in [-0.2, -0.15) is 0 Å². The molecule has 0 aromatic heterocycles. The van der Waals surface area contributed by atoms with Gasteiger partial charge in [0.1, 0.15) is 11.5 Å². The van der Waals surface area contributed by atoms with E-state index >= 15 is 0 Å². The normalized spacial score (nSPS) is 14.0. The van der Waals surface area contributed by atoms with E-state index in [0.717, 1.165) is 30.9 Å². The Morgan fingerprint density at radius 3 is 2.54 bits per heavy atom. The minimum Gasteiger partial charge on any atom is -0.495 e. The molecule has 2 amide bonds. The molecule has 0 bridgehead atoms. The third-order valence-electron chi connectivity index (χ3n) is 4.64. The lowest BCUT2D eigenvalue weighted by atomic mass is 10.2. The second-order valence-electron chi connectivity index (χ2n) is 6.57. The van der Waals surface area contributed by atoms with Crippen molar-refractivity contribution < 1.29 is 14.3 Å². The van der Waals surface area contributed by atoms with E-state index in [1.54, 1.807) is 30.2 Å². The summed E-state index contributed by atoms with van der Waals surface area (Å²) in [7, 11) is 1.67. The van der Waals surface area contributed by atoms with Gasteiger partial charge >= 0.3 is 6.03 Å². The number of methoxy groups -OCH3 is 1. The highest BCUT2D eigenvalue weighted by Gasteiger charge is 2.23. The molecule has 1 N–H and O–H groups in total. The van der Waals surface area contributed by atoms with Crippen LogP contribution in [-0.4, -0.2) is 50.8 Å². The van der Waals surface area contributed by atoms with Crippen molar-refractivity contribution in [1.29, 1.82) is 0 Å². The Morgan fingerprint density at radius 1 is 1.11 bits per heavy atom. The highest BCUT2D eigenvalue weighted by molar-refractivity contribution is 6.32. The van der Waals surface area contributed by atoms with E-state index in [0.29, 0.717) is 36.2 Å². The summed E-state index contributed by atoms with van der Waals surface area (Å²) in [6, 6.07) is 13.1. The smallest absolute Gasteiger partial charge is 0.321 e. The molecule has 1 fully saturated rings. The van der Waals surface area contributed by atoms with Crippen molar-refractivity contribution in [2.75, 3.05) is 50.1 Å². The number of benzene rings is 2. The number of ether oxygens (including phenoxy) is 2. The van der Waals surface area contributed by atoms with E-state index in [1.807, 2.05) is 31.2 Å². The average molecular weight is 404 g/mol. The van der Waals surface area contributed by atoms with E-state index in [4.69, 9.17) is 21.1 Å². The molecule has 2 aromatic carbocycles. The number of nitrogens with one attached hydrogen (secondary N) is 1. The van der Waals surface area contributed by atoms with Gasteiger partial charge in [0.2, 0.25) is 0 Å². The number of nitrogens with zero attached hydrogens (tertiary/aromatic N) is 2. The maximum atomic E-state index is 12.6. The first-order valence-electron chi connectivity index (χ1n) is 9.48. The molecule has 1 aliphatic rings. The zero-order valence-electron chi connectivity index (χ0n) is 16.3. The van der Waals surface area contributed by atoms with Crippen molar-refractivity contribution in [2.45, 2.75) is 13.3 Å². The minimum atomic E-state index is -0.127. The Bertz CT molecular complexity index is 807. The molecule has 1 heterocycles. The highest BCUT2D eigenvalue weighted by atomic mass is 35.5. The lowest BCUT2D eigenvalue weighted by molar-refractivity contribution is 0.208. The van der Waals surface area contributed by atoms with Gasteiger partial charge in [-0.1, -0.05) is 30.7 Å². The van der Waals surface area contributed by atoms with E-state index < -0.39 is 0 Å². The maximum absolute atomic E-state index is 12.6. The van der Waals surface area contributed by atoms with E-state index in [2.05, 4.69) is 10.2 Å². The van der Waals surface area contributed by atoms with Gasteiger partial charge in [-0.15, -0.1) is 0 Å². The average Bonchev–Trinajstić information content (AvgIpc) is 2.73. The Kier molecular flexibility index (Phi) is 6.87. The highest BCUT2D eigenvalue weighted by Crippen LogP contribution is 2.29. The Labute approximate surface area is 171 Å². The number of hydrogen-bond acceptors (Lipinski definition) is 4. The van der Waals surface area contributed by atoms with E-state index in [1.165, 1.54) is 0 Å². The molecule has 0 saturated carbocycles. The zero-order valence-corrected chi connectivity index (χ0v) is 17.0. The van der Waals surface area contributed by atoms with Crippen LogP contribution in [0.25, 0.3) is 0 Å². The summed E-state index contributed by atoms with van der Waals surface area (Å²) in [5.74, 6) is 1.48. The van der Waals surface area contributed by atoms with Crippen molar-refractivity contribution >= 4 is 29.0 Å². The van der Waals surface area contributed by atoms with Gasteiger partial charge < -0.3 is 24.6 Å². The van der Waals surface area contributed by atoms with Gasteiger partial charge in [-0.05, 0) is 36.8 Å². The zero-order chi connectivity index (χ0) is 19.9. The van der Waals surface area contributed by atoms with Crippen LogP contribution < -0.4 is 19.7 Å². The predicted octanol–water partition coefficient (Wildman–Crippen LogP) is 4.49. The van der Waals surface area contributed by atoms with Crippen LogP contribution in [0.1, 0.15) is 13.3 Å². The molecule has 0 spiro atoms. The first kappa shape index (κ1) is 20.1. The van der Waals surface area contributed by atoms with Crippen LogP contribution in [0.15, 0.2) is 42.5 Å². The number of hydrogen-bond donors (Lipinski definition) is 1. The number of anilines is 2. The van der Waals surface area contributed by atoms with Crippen molar-refractivity contribution in [1.82, 2.24) is 4.90 Å². The fourth-order valence-electron chi connectivity index (χ4n) is 3.15. The molecule has 150 valence electrons. The summed E-state index contributed by atoms with van der Waals surface area (Å²) in [5.41, 5.74) is 1.71. The molecule has 0 radical (unpaired) electrons. The number of piperazine rings is 1. The van der Waals surface area contributed by atoms with Gasteiger partial charge in [0.25, 0.3) is 0 Å². The standard InChI is InChI=1S/C21H26ClN3O3/c1-3-14-28-19-9-8-16(15-17(19)22)23-21(26)25-12-10-24(11-13-25)18-6-4-5-7-20(18)27-2/h4-9,15H,3,10-14H2,1-2H3,(H,23,26). The van der Waals surface area contributed by atoms with Crippen LogP contribution in [-0.2, 0) is 0 Å². The number of rotatable bonds is 6. The molecule has 3 rings (SSSR count). The minimum absolute atomic E-state index is 0.127. The number of halogens is 1. The molecule has 6 nitrogen and oxygen atoms in total. The Morgan fingerprint density at radius 2 is 1.86 bits per heavy atom. The number of urea groups is 1.